The first-order chi connectivity index (χ1) is 13.6. The normalized spacial score (nSPS) is 18.8. The molecule has 0 bridgehead atoms. The van der Waals surface area contributed by atoms with Gasteiger partial charge in [0.15, 0.2) is 23.1 Å². The van der Waals surface area contributed by atoms with Gasteiger partial charge in [0, 0.05) is 5.38 Å². The van der Waals surface area contributed by atoms with E-state index in [1.54, 1.807) is 6.92 Å². The summed E-state index contributed by atoms with van der Waals surface area (Å²) in [5.41, 5.74) is 5.22. The van der Waals surface area contributed by atoms with E-state index in [9.17, 15) is 27.4 Å². The fourth-order valence-electron chi connectivity index (χ4n) is 2.24. The summed E-state index contributed by atoms with van der Waals surface area (Å²) in [5.74, 6) is -2.99. The Balaban J connectivity index is 0.00000450. The molecular weight excluding hydrogens is 457 g/mol. The number of esters is 1. The van der Waals surface area contributed by atoms with Crippen LogP contribution >= 0.6 is 11.3 Å². The number of nitrogens with zero attached hydrogens (tertiary/aromatic N) is 3. The molecule has 17 heteroatoms. The average molecular weight is 475 g/mol. The van der Waals surface area contributed by atoms with Crippen LogP contribution in [0, 0.1) is 0 Å². The van der Waals surface area contributed by atoms with Gasteiger partial charge in [-0.05, 0) is 6.92 Å². The summed E-state index contributed by atoms with van der Waals surface area (Å²) in [4.78, 5) is 44.5. The summed E-state index contributed by atoms with van der Waals surface area (Å²) >= 11 is 1.02. The van der Waals surface area contributed by atoms with Crippen LogP contribution in [0.1, 0.15) is 12.6 Å². The molecule has 1 aliphatic heterocycles. The molecule has 2 amide bonds. The Bertz CT molecular complexity index is 935. The van der Waals surface area contributed by atoms with Crippen molar-refractivity contribution in [1.29, 1.82) is 0 Å². The second-order valence-electron chi connectivity index (χ2n) is 5.26. The molecule has 1 saturated heterocycles. The molecule has 162 valence electrons. The molecule has 4 N–H and O–H groups in total. The molecule has 1 aromatic rings. The fraction of sp³-hybridized carbons (Fsp3) is 0.462. The van der Waals surface area contributed by atoms with Crippen molar-refractivity contribution in [2.24, 2.45) is 5.16 Å². The molecule has 0 aromatic carbocycles. The van der Waals surface area contributed by atoms with Crippen molar-refractivity contribution in [2.75, 3.05) is 26.1 Å². The molecule has 0 aliphatic carbocycles. The van der Waals surface area contributed by atoms with Crippen LogP contribution < -0.4 is 11.1 Å². The SMILES string of the molecule is CCOC(=O)CO[C@@H]1[C@H](NC(=O)C(=NOC)c2csc(N)n2)C(=O)N1S(=O)(=O)O.[NaH]. The molecule has 2 heterocycles. The van der Waals surface area contributed by atoms with E-state index in [0.717, 1.165) is 11.3 Å². The van der Waals surface area contributed by atoms with Crippen molar-refractivity contribution < 1.29 is 41.7 Å². The number of rotatable bonds is 9. The van der Waals surface area contributed by atoms with Gasteiger partial charge in [-0.1, -0.05) is 5.16 Å². The number of thiazole rings is 1. The molecule has 0 saturated carbocycles. The number of nitrogens with one attached hydrogen (secondary N) is 1. The maximum atomic E-state index is 12.5. The summed E-state index contributed by atoms with van der Waals surface area (Å²) in [7, 11) is -3.83. The van der Waals surface area contributed by atoms with Gasteiger partial charge in [-0.15, -0.1) is 11.3 Å². The number of anilines is 1. The quantitative estimate of drug-likeness (QED) is 0.0849. The van der Waals surface area contributed by atoms with E-state index in [1.807, 2.05) is 0 Å². The Labute approximate surface area is 196 Å². The number of hydrogen-bond acceptors (Lipinski definition) is 12. The molecular formula is C13H18N5NaO9S2. The van der Waals surface area contributed by atoms with Gasteiger partial charge in [-0.3, -0.25) is 14.1 Å². The van der Waals surface area contributed by atoms with E-state index >= 15 is 0 Å². The number of carbonyl (C=O) groups is 3. The molecule has 30 heavy (non-hydrogen) atoms. The van der Waals surface area contributed by atoms with Crippen LogP contribution in [0.15, 0.2) is 10.5 Å². The van der Waals surface area contributed by atoms with E-state index in [0.29, 0.717) is 0 Å². The molecule has 2 rings (SSSR count). The molecule has 0 radical (unpaired) electrons. The van der Waals surface area contributed by atoms with E-state index < -0.39 is 47.0 Å². The number of aromatic nitrogens is 1. The summed E-state index contributed by atoms with van der Waals surface area (Å²) in [6, 6.07) is -1.54. The van der Waals surface area contributed by atoms with E-state index in [4.69, 9.17) is 10.5 Å². The Morgan fingerprint density at radius 3 is 2.63 bits per heavy atom. The molecule has 2 atom stereocenters. The monoisotopic (exact) mass is 475 g/mol. The van der Waals surface area contributed by atoms with Gasteiger partial charge in [0.1, 0.15) is 19.4 Å². The summed E-state index contributed by atoms with van der Waals surface area (Å²) < 4.78 is 41.6. The third-order valence-electron chi connectivity index (χ3n) is 3.37. The fourth-order valence-corrected chi connectivity index (χ4v) is 3.57. The number of oxime groups is 1. The van der Waals surface area contributed by atoms with Crippen molar-refractivity contribution in [2.45, 2.75) is 19.2 Å². The number of nitrogens with two attached hydrogens (primary N) is 1. The average Bonchev–Trinajstić information content (AvgIpc) is 3.05. The minimum absolute atomic E-state index is 0. The van der Waals surface area contributed by atoms with Crippen LogP contribution in [0.2, 0.25) is 0 Å². The van der Waals surface area contributed by atoms with Crippen molar-refractivity contribution in [3.8, 4) is 0 Å². The Hall–Kier alpha value is -1.82. The molecule has 0 unspecified atom stereocenters. The van der Waals surface area contributed by atoms with E-state index in [1.165, 1.54) is 12.5 Å². The van der Waals surface area contributed by atoms with Gasteiger partial charge in [0.2, 0.25) is 0 Å². The first-order valence-corrected chi connectivity index (χ1v) is 10.1. The van der Waals surface area contributed by atoms with Gasteiger partial charge in [-0.2, -0.15) is 12.7 Å². The number of hydrogen-bond donors (Lipinski definition) is 3. The Kier molecular flexibility index (Phi) is 9.60. The zero-order chi connectivity index (χ0) is 21.8. The zero-order valence-corrected chi connectivity index (χ0v) is 16.7. The molecule has 0 spiro atoms. The van der Waals surface area contributed by atoms with Crippen molar-refractivity contribution in [1.82, 2.24) is 14.6 Å². The van der Waals surface area contributed by atoms with Crippen LogP contribution in [-0.4, -0.2) is 108 Å². The maximum absolute atomic E-state index is 12.5. The second-order valence-corrected chi connectivity index (χ2v) is 7.44. The number of ether oxygens (including phenoxy) is 2. The predicted molar refractivity (Wildman–Crippen MR) is 104 cm³/mol. The van der Waals surface area contributed by atoms with E-state index in [-0.39, 0.29) is 57.0 Å². The molecule has 1 fully saturated rings. The molecule has 14 nitrogen and oxygen atoms in total. The van der Waals surface area contributed by atoms with Crippen molar-refractivity contribution in [3.05, 3.63) is 11.1 Å². The second kappa shape index (κ2) is 11.0. The Morgan fingerprint density at radius 1 is 1.47 bits per heavy atom. The third kappa shape index (κ3) is 6.10. The van der Waals surface area contributed by atoms with Crippen molar-refractivity contribution in [3.63, 3.8) is 0 Å². The first kappa shape index (κ1) is 26.2. The first-order valence-electron chi connectivity index (χ1n) is 7.81. The minimum atomic E-state index is -5.00. The van der Waals surface area contributed by atoms with Gasteiger partial charge in [0.25, 0.3) is 11.8 Å². The summed E-state index contributed by atoms with van der Waals surface area (Å²) in [5, 5.41) is 7.27. The van der Waals surface area contributed by atoms with E-state index in [2.05, 4.69) is 25.0 Å². The molecule has 1 aromatic heterocycles. The van der Waals surface area contributed by atoms with Crippen LogP contribution in [0.3, 0.4) is 0 Å². The van der Waals surface area contributed by atoms with Gasteiger partial charge < -0.3 is 25.4 Å². The van der Waals surface area contributed by atoms with Crippen LogP contribution in [0.25, 0.3) is 0 Å². The summed E-state index contributed by atoms with van der Waals surface area (Å²) in [6.07, 6.45) is -1.69. The number of carbonyl (C=O) groups excluding carboxylic acids is 3. The van der Waals surface area contributed by atoms with Crippen LogP contribution in [-0.2, 0) is 39.0 Å². The predicted octanol–water partition coefficient (Wildman–Crippen LogP) is -2.54. The standard InChI is InChI=1S/C13H17N5O9S2.Na.H/c1-3-26-7(19)4-27-12-9(11(21)18(12)29(22,23)24)16-10(20)8(17-25-2)6-5-28-13(14)15-6;;/h5,9,12H,3-4H2,1-2H3,(H2,14,15)(H,16,20)(H,22,23,24);;/t9-,12-;;/m1../s1. The third-order valence-corrected chi connectivity index (χ3v) is 4.93. The number of nitrogen functional groups attached to an aromatic ring is 1. The number of β-lactam (4-membered cyclic amide) rings is 1. The number of amides is 2. The summed E-state index contributed by atoms with van der Waals surface area (Å²) in [6.45, 7) is 0.855. The zero-order valence-electron chi connectivity index (χ0n) is 15.1. The molecule has 1 aliphatic rings. The van der Waals surface area contributed by atoms with Gasteiger partial charge in [-0.25, -0.2) is 9.78 Å². The van der Waals surface area contributed by atoms with Gasteiger partial charge in [0.05, 0.1) is 6.61 Å². The van der Waals surface area contributed by atoms with Crippen LogP contribution in [0.4, 0.5) is 5.13 Å². The topological polar surface area (TPSA) is 200 Å². The van der Waals surface area contributed by atoms with Crippen LogP contribution in [0.5, 0.6) is 0 Å². The Morgan fingerprint density at radius 2 is 2.13 bits per heavy atom. The van der Waals surface area contributed by atoms with Gasteiger partial charge >= 0.3 is 45.8 Å². The van der Waals surface area contributed by atoms with Crippen molar-refractivity contribution >= 4 is 79.8 Å².